The van der Waals surface area contributed by atoms with Crippen LogP contribution in [0.4, 0.5) is 22.7 Å². The molecule has 4 aromatic heterocycles. The number of aromatic nitrogens is 2. The van der Waals surface area contributed by atoms with Crippen LogP contribution in [0.25, 0.3) is 42.9 Å². The molecule has 2 aliphatic carbocycles. The summed E-state index contributed by atoms with van der Waals surface area (Å²) in [5.41, 5.74) is 15.5. The third-order valence-corrected chi connectivity index (χ3v) is 20.4. The van der Waals surface area contributed by atoms with E-state index in [0.29, 0.717) is 56.4 Å². The van der Waals surface area contributed by atoms with Crippen LogP contribution in [0.5, 0.6) is 11.5 Å². The monoisotopic (exact) mass is 1240 g/mol. The van der Waals surface area contributed by atoms with E-state index < -0.39 is 5.97 Å². The van der Waals surface area contributed by atoms with Crippen molar-refractivity contribution in [3.8, 4) is 34.0 Å². The standard InChI is InChI=1S/C35H41N3O4S.C34H39N3O5S.ClH/c1-23(39)32-21-31-35(43-32)33(25-8-6-5-7-9-25)34(37(31)4)26-10-13-29(14-11-26)42-22-27-20-28(36(3)24(2)40)12-15-30(27)38-16-18-41-19-17-38;1-22(38)35(2)26-11-14-28(37-15-17-41-18-16-37)25(19-26)21-42-27-12-9-24(10-13-27)32-31(23-7-5-4-6-8-23)33-29(36(32)3)20-30(43-33)34(39)40;/h10-15,20-21,25H,5-9,16-19,22H2,1-4H3;9-14,19-20,23H,4-8,15-18,21H2,1-3H3,(H,39,40);1H. The molecule has 0 bridgehead atoms. The molecule has 15 nitrogen and oxygen atoms in total. The fraction of sp³-hybridized carbons (Fsp3) is 0.420. The van der Waals surface area contributed by atoms with E-state index in [1.165, 1.54) is 95.5 Å². The van der Waals surface area contributed by atoms with E-state index in [0.717, 1.165) is 111 Å². The number of hydrogen-bond acceptors (Lipinski definition) is 12. The number of nitrogens with zero attached hydrogens (tertiary/aromatic N) is 6. The van der Waals surface area contributed by atoms with Crippen molar-refractivity contribution in [3.05, 3.63) is 129 Å². The third kappa shape index (κ3) is 13.6. The van der Waals surface area contributed by atoms with E-state index in [1.54, 1.807) is 56.0 Å². The number of carboxylic acids is 1. The van der Waals surface area contributed by atoms with Gasteiger partial charge in [0.15, 0.2) is 5.78 Å². The van der Waals surface area contributed by atoms with Crippen LogP contribution in [0.1, 0.15) is 138 Å². The average Bonchev–Trinajstić information content (AvgIpc) is 1.70. The second kappa shape index (κ2) is 27.9. The molecule has 0 atom stereocenters. The number of carbonyl (C=O) groups is 4. The van der Waals surface area contributed by atoms with Gasteiger partial charge in [-0.25, -0.2) is 4.79 Å². The number of morpholine rings is 2. The lowest BCUT2D eigenvalue weighted by Crippen LogP contribution is -2.37. The highest BCUT2D eigenvalue weighted by Gasteiger charge is 2.30. The van der Waals surface area contributed by atoms with Crippen molar-refractivity contribution in [2.45, 2.75) is 110 Å². The number of rotatable bonds is 16. The number of thiophene rings is 2. The van der Waals surface area contributed by atoms with E-state index in [2.05, 4.69) is 86.6 Å². The van der Waals surface area contributed by atoms with Crippen molar-refractivity contribution in [1.29, 1.82) is 0 Å². The van der Waals surface area contributed by atoms with Crippen molar-refractivity contribution in [2.75, 3.05) is 86.3 Å². The summed E-state index contributed by atoms with van der Waals surface area (Å²) in [5.74, 6) is 1.76. The lowest BCUT2D eigenvalue weighted by atomic mass is 9.83. The van der Waals surface area contributed by atoms with Crippen LogP contribution < -0.4 is 29.1 Å². The molecule has 8 aromatic rings. The highest BCUT2D eigenvalue weighted by Crippen LogP contribution is 2.49. The highest BCUT2D eigenvalue weighted by molar-refractivity contribution is 7.21. The Morgan fingerprint density at radius 3 is 1.29 bits per heavy atom. The van der Waals surface area contributed by atoms with Crippen LogP contribution in [-0.4, -0.2) is 105 Å². The number of anilines is 4. The number of hydrogen-bond donors (Lipinski definition) is 1. The first-order valence-electron chi connectivity index (χ1n) is 30.5. The van der Waals surface area contributed by atoms with E-state index in [4.69, 9.17) is 18.9 Å². The van der Waals surface area contributed by atoms with E-state index in [1.807, 2.05) is 43.4 Å². The SMILES string of the molecule is CC(=O)N(C)c1ccc(N2CCOCC2)c(COc2ccc(-c3c(C4CCCCC4)c4sc(C(=O)O)cc4n3C)cc2)c1.CC(=O)c1cc2c(s1)c(C1CCCCC1)c(-c1ccc(OCc3cc(N(C)C(C)=O)ccc3N3CCOCC3)cc1)n2C.Cl. The maximum Gasteiger partial charge on any atom is 0.345 e. The number of carbonyl (C=O) groups excluding carboxylic acids is 3. The van der Waals surface area contributed by atoms with Crippen LogP contribution in [0.2, 0.25) is 0 Å². The summed E-state index contributed by atoms with van der Waals surface area (Å²) in [6.07, 6.45) is 12.2. The number of halogens is 1. The van der Waals surface area contributed by atoms with Crippen molar-refractivity contribution < 1.29 is 43.2 Å². The zero-order valence-corrected chi connectivity index (χ0v) is 53.6. The third-order valence-electron chi connectivity index (χ3n) is 18.0. The Bertz CT molecular complexity index is 3500. The Kier molecular flexibility index (Phi) is 20.2. The Labute approximate surface area is 524 Å². The Balaban J connectivity index is 0.000000190. The van der Waals surface area contributed by atoms with Crippen molar-refractivity contribution in [1.82, 2.24) is 9.13 Å². The van der Waals surface area contributed by atoms with Gasteiger partial charge in [0.2, 0.25) is 11.8 Å². The highest BCUT2D eigenvalue weighted by atomic mass is 35.5. The number of ketones is 1. The van der Waals surface area contributed by atoms with Crippen LogP contribution in [-0.2, 0) is 46.4 Å². The summed E-state index contributed by atoms with van der Waals surface area (Å²) < 4.78 is 30.7. The molecule has 6 heterocycles. The van der Waals surface area contributed by atoms with Crippen LogP contribution in [0, 0.1) is 0 Å². The molecular weight excluding hydrogens is 1160 g/mol. The van der Waals surface area contributed by atoms with Crippen LogP contribution in [0.3, 0.4) is 0 Å². The van der Waals surface area contributed by atoms with Crippen LogP contribution >= 0.6 is 35.1 Å². The number of Topliss-reactive ketones (excluding diaryl/α,β-unsaturated/α-hetero) is 1. The first-order chi connectivity index (χ1) is 41.6. The molecule has 18 heteroatoms. The largest absolute Gasteiger partial charge is 0.489 e. The molecule has 87 heavy (non-hydrogen) atoms. The summed E-state index contributed by atoms with van der Waals surface area (Å²) in [5, 5.41) is 9.67. The molecule has 2 saturated carbocycles. The quantitative estimate of drug-likeness (QED) is 0.0922. The maximum absolute atomic E-state index is 12.2. The van der Waals surface area contributed by atoms with Gasteiger partial charge in [-0.05, 0) is 164 Å². The molecule has 460 valence electrons. The smallest absolute Gasteiger partial charge is 0.345 e. The fourth-order valence-electron chi connectivity index (χ4n) is 13.1. The predicted octanol–water partition coefficient (Wildman–Crippen LogP) is 15.0. The number of benzene rings is 4. The molecule has 0 unspecified atom stereocenters. The summed E-state index contributed by atoms with van der Waals surface area (Å²) in [6.45, 7) is 11.6. The second-order valence-electron chi connectivity index (χ2n) is 23.4. The zero-order valence-electron chi connectivity index (χ0n) is 51.2. The second-order valence-corrected chi connectivity index (χ2v) is 25.5. The molecule has 2 amide bonds. The Hall–Kier alpha value is -7.15. The molecular formula is C69H81ClN6O9S2. The first kappa shape index (κ1) is 62.9. The van der Waals surface area contributed by atoms with Gasteiger partial charge in [-0.15, -0.1) is 35.1 Å². The van der Waals surface area contributed by atoms with Gasteiger partial charge in [-0.3, -0.25) is 14.4 Å². The topological polar surface area (TPSA) is 148 Å². The van der Waals surface area contributed by atoms with Gasteiger partial charge < -0.3 is 52.8 Å². The first-order valence-corrected chi connectivity index (χ1v) is 32.1. The Morgan fingerprint density at radius 2 is 0.920 bits per heavy atom. The van der Waals surface area contributed by atoms with E-state index in [-0.39, 0.29) is 30.0 Å². The summed E-state index contributed by atoms with van der Waals surface area (Å²) in [4.78, 5) is 57.3. The average molecular weight is 1240 g/mol. The molecule has 1 N–H and O–H groups in total. The van der Waals surface area contributed by atoms with Crippen molar-refractivity contribution in [3.63, 3.8) is 0 Å². The van der Waals surface area contributed by atoms with Crippen LogP contribution in [0.15, 0.2) is 97.1 Å². The normalized spacial score (nSPS) is 15.9. The van der Waals surface area contributed by atoms with Gasteiger partial charge in [0, 0.05) is 102 Å². The number of fused-ring (bicyclic) bond motifs is 2. The number of aromatic carboxylic acids is 1. The van der Waals surface area contributed by atoms with Gasteiger partial charge in [0.25, 0.3) is 0 Å². The molecule has 0 spiro atoms. The molecule has 2 aliphatic heterocycles. The van der Waals surface area contributed by atoms with Gasteiger partial charge >= 0.3 is 5.97 Å². The molecule has 0 radical (unpaired) electrons. The van der Waals surface area contributed by atoms with Crippen molar-refractivity contribution >= 4 is 102 Å². The summed E-state index contributed by atoms with van der Waals surface area (Å²) >= 11 is 3.05. The molecule has 4 aromatic carbocycles. The molecule has 4 fully saturated rings. The number of amides is 2. The number of carboxylic acid groups (broad SMARTS) is 1. The summed E-state index contributed by atoms with van der Waals surface area (Å²) in [7, 11) is 7.76. The molecule has 2 saturated heterocycles. The number of aryl methyl sites for hydroxylation is 2. The lowest BCUT2D eigenvalue weighted by Gasteiger charge is -2.31. The minimum absolute atomic E-state index is 0. The minimum Gasteiger partial charge on any atom is -0.489 e. The number of ether oxygens (including phenoxy) is 4. The van der Waals surface area contributed by atoms with Gasteiger partial charge in [-0.2, -0.15) is 0 Å². The van der Waals surface area contributed by atoms with E-state index >= 15 is 0 Å². The maximum atomic E-state index is 12.2. The molecule has 4 aliphatic rings. The van der Waals surface area contributed by atoms with Crippen molar-refractivity contribution in [2.24, 2.45) is 14.1 Å². The lowest BCUT2D eigenvalue weighted by molar-refractivity contribution is -0.117. The Morgan fingerprint density at radius 1 is 0.540 bits per heavy atom. The molecule has 12 rings (SSSR count). The minimum atomic E-state index is -0.867. The zero-order chi connectivity index (χ0) is 60.2. The van der Waals surface area contributed by atoms with E-state index in [9.17, 15) is 24.3 Å². The summed E-state index contributed by atoms with van der Waals surface area (Å²) in [6, 6.07) is 32.8. The van der Waals surface area contributed by atoms with Gasteiger partial charge in [0.05, 0.1) is 63.1 Å². The fourth-order valence-corrected chi connectivity index (χ4v) is 15.5. The van der Waals surface area contributed by atoms with Gasteiger partial charge in [0.1, 0.15) is 29.6 Å². The predicted molar refractivity (Wildman–Crippen MR) is 354 cm³/mol. The van der Waals surface area contributed by atoms with Gasteiger partial charge in [-0.1, -0.05) is 38.5 Å².